The Labute approximate surface area is 170 Å². The summed E-state index contributed by atoms with van der Waals surface area (Å²) in [6, 6.07) is 3.79. The van der Waals surface area contributed by atoms with Crippen LogP contribution in [0.2, 0.25) is 0 Å². The first kappa shape index (κ1) is 24.4. The summed E-state index contributed by atoms with van der Waals surface area (Å²) in [4.78, 5) is 12.3. The van der Waals surface area contributed by atoms with Crippen molar-refractivity contribution in [3.8, 4) is 0 Å². The lowest BCUT2D eigenvalue weighted by Crippen LogP contribution is -2.47. The maximum absolute atomic E-state index is 13.2. The zero-order valence-electron chi connectivity index (χ0n) is 16.1. The van der Waals surface area contributed by atoms with E-state index in [1.54, 1.807) is 6.92 Å². The zero-order chi connectivity index (χ0) is 22.7. The van der Waals surface area contributed by atoms with Crippen LogP contribution in [0.1, 0.15) is 31.7 Å². The molecule has 0 bridgehead atoms. The molecule has 1 aromatic rings. The number of carbonyl (C=O) groups is 1. The van der Waals surface area contributed by atoms with Crippen molar-refractivity contribution in [1.82, 2.24) is 9.21 Å². The Morgan fingerprint density at radius 1 is 1.10 bits per heavy atom. The van der Waals surface area contributed by atoms with Crippen molar-refractivity contribution in [3.05, 3.63) is 29.8 Å². The van der Waals surface area contributed by atoms with Gasteiger partial charge < -0.3 is 4.90 Å². The summed E-state index contributed by atoms with van der Waals surface area (Å²) >= 11 is 0. The molecule has 1 aliphatic rings. The molecule has 0 saturated carbocycles. The summed E-state index contributed by atoms with van der Waals surface area (Å²) in [5.41, 5.74) is -1.29. The summed E-state index contributed by atoms with van der Waals surface area (Å²) in [7, 11) is -4.48. The Kier molecular flexibility index (Phi) is 7.44. The van der Waals surface area contributed by atoms with Gasteiger partial charge in [-0.05, 0) is 31.4 Å². The Morgan fingerprint density at radius 2 is 1.67 bits per heavy atom. The molecule has 1 fully saturated rings. The van der Waals surface area contributed by atoms with Crippen LogP contribution in [-0.4, -0.2) is 55.9 Å². The van der Waals surface area contributed by atoms with Crippen LogP contribution in [0.4, 0.5) is 26.3 Å². The van der Waals surface area contributed by atoms with Crippen LogP contribution < -0.4 is 0 Å². The summed E-state index contributed by atoms with van der Waals surface area (Å²) in [5.74, 6) is -1.54. The molecule has 1 heterocycles. The maximum atomic E-state index is 13.2. The van der Waals surface area contributed by atoms with Gasteiger partial charge in [0.2, 0.25) is 15.9 Å². The quantitative estimate of drug-likeness (QED) is 0.605. The minimum Gasteiger partial charge on any atom is -0.333 e. The highest BCUT2D eigenvalue weighted by atomic mass is 32.2. The van der Waals surface area contributed by atoms with Gasteiger partial charge in [-0.25, -0.2) is 8.42 Å². The molecule has 1 aromatic carbocycles. The summed E-state index contributed by atoms with van der Waals surface area (Å²) < 4.78 is 104. The molecule has 170 valence electrons. The summed E-state index contributed by atoms with van der Waals surface area (Å²) in [6.07, 6.45) is -9.23. The van der Waals surface area contributed by atoms with Gasteiger partial charge in [0.1, 0.15) is 6.54 Å². The van der Waals surface area contributed by atoms with E-state index in [1.165, 1.54) is 6.07 Å². The smallest absolute Gasteiger partial charge is 0.333 e. The molecule has 0 spiro atoms. The minimum atomic E-state index is -4.86. The minimum absolute atomic E-state index is 0.0652. The number of hydrogen-bond acceptors (Lipinski definition) is 3. The van der Waals surface area contributed by atoms with Crippen molar-refractivity contribution in [2.75, 3.05) is 26.2 Å². The van der Waals surface area contributed by atoms with Gasteiger partial charge in [0.05, 0.1) is 10.5 Å². The maximum Gasteiger partial charge on any atom is 0.417 e. The molecule has 0 aliphatic carbocycles. The van der Waals surface area contributed by atoms with E-state index in [2.05, 4.69) is 0 Å². The monoisotopic (exact) mass is 460 g/mol. The fourth-order valence-electron chi connectivity index (χ4n) is 3.42. The Hall–Kier alpha value is -1.82. The number of nitrogens with zero attached hydrogens (tertiary/aromatic N) is 2. The average Bonchev–Trinajstić information content (AvgIpc) is 2.65. The number of halogens is 6. The van der Waals surface area contributed by atoms with Crippen molar-refractivity contribution in [2.45, 2.75) is 43.4 Å². The number of alkyl halides is 6. The van der Waals surface area contributed by atoms with Crippen LogP contribution in [0.3, 0.4) is 0 Å². The lowest BCUT2D eigenvalue weighted by atomic mass is 9.96. The zero-order valence-corrected chi connectivity index (χ0v) is 16.9. The molecule has 1 saturated heterocycles. The first-order chi connectivity index (χ1) is 13.8. The molecule has 0 unspecified atom stereocenters. The van der Waals surface area contributed by atoms with Gasteiger partial charge in [-0.3, -0.25) is 4.79 Å². The third kappa shape index (κ3) is 5.87. The molecule has 0 aromatic heterocycles. The molecule has 0 radical (unpaired) electrons. The molecular formula is C18H22F6N2O3S. The van der Waals surface area contributed by atoms with Gasteiger partial charge in [0, 0.05) is 25.6 Å². The SMILES string of the molecule is CCCN(CC(F)(F)F)C(=O)C1CCN(S(=O)(=O)c2ccccc2C(F)(F)F)CC1. The molecule has 12 heteroatoms. The van der Waals surface area contributed by atoms with E-state index in [4.69, 9.17) is 0 Å². The number of rotatable bonds is 6. The fraction of sp³-hybridized carbons (Fsp3) is 0.611. The van der Waals surface area contributed by atoms with Crippen LogP contribution in [0.25, 0.3) is 0 Å². The van der Waals surface area contributed by atoms with Gasteiger partial charge in [0.25, 0.3) is 0 Å². The first-order valence-corrected chi connectivity index (χ1v) is 10.7. The predicted octanol–water partition coefficient (Wildman–Crippen LogP) is 3.91. The summed E-state index contributed by atoms with van der Waals surface area (Å²) in [5, 5.41) is 0. The van der Waals surface area contributed by atoms with Crippen LogP contribution >= 0.6 is 0 Å². The normalized spacial score (nSPS) is 17.2. The van der Waals surface area contributed by atoms with Gasteiger partial charge >= 0.3 is 12.4 Å². The van der Waals surface area contributed by atoms with E-state index in [1.807, 2.05) is 0 Å². The van der Waals surface area contributed by atoms with Gasteiger partial charge in [0.15, 0.2) is 0 Å². The third-order valence-electron chi connectivity index (χ3n) is 4.79. The number of hydrogen-bond donors (Lipinski definition) is 0. The molecule has 0 atom stereocenters. The molecule has 30 heavy (non-hydrogen) atoms. The molecule has 1 amide bonds. The number of sulfonamides is 1. The van der Waals surface area contributed by atoms with Crippen LogP contribution in [0.15, 0.2) is 29.2 Å². The highest BCUT2D eigenvalue weighted by Crippen LogP contribution is 2.36. The standard InChI is InChI=1S/C18H22F6N2O3S/c1-2-9-25(12-17(19,20)21)16(27)13-7-10-26(11-8-13)30(28,29)15-6-4-3-5-14(15)18(22,23)24/h3-6,13H,2,7-12H2,1H3. The van der Waals surface area contributed by atoms with Crippen LogP contribution in [-0.2, 0) is 21.0 Å². The fourth-order valence-corrected chi connectivity index (χ4v) is 5.10. The average molecular weight is 460 g/mol. The third-order valence-corrected chi connectivity index (χ3v) is 6.75. The van der Waals surface area contributed by atoms with Crippen molar-refractivity contribution in [3.63, 3.8) is 0 Å². The number of amides is 1. The van der Waals surface area contributed by atoms with Crippen molar-refractivity contribution in [2.24, 2.45) is 5.92 Å². The van der Waals surface area contributed by atoms with Gasteiger partial charge in [-0.15, -0.1) is 0 Å². The predicted molar refractivity (Wildman–Crippen MR) is 95.9 cm³/mol. The van der Waals surface area contributed by atoms with Crippen LogP contribution in [0.5, 0.6) is 0 Å². The largest absolute Gasteiger partial charge is 0.417 e. The highest BCUT2D eigenvalue weighted by molar-refractivity contribution is 7.89. The molecular weight excluding hydrogens is 438 g/mol. The second-order valence-electron chi connectivity index (χ2n) is 7.05. The molecule has 5 nitrogen and oxygen atoms in total. The Morgan fingerprint density at radius 3 is 2.17 bits per heavy atom. The van der Waals surface area contributed by atoms with E-state index >= 15 is 0 Å². The van der Waals surface area contributed by atoms with Gasteiger partial charge in [-0.1, -0.05) is 19.1 Å². The van der Waals surface area contributed by atoms with Crippen molar-refractivity contribution in [1.29, 1.82) is 0 Å². The van der Waals surface area contributed by atoms with E-state index < -0.39 is 51.2 Å². The van der Waals surface area contributed by atoms with E-state index in [0.717, 1.165) is 16.4 Å². The van der Waals surface area contributed by atoms with E-state index in [0.29, 0.717) is 17.4 Å². The molecule has 0 N–H and O–H groups in total. The Bertz CT molecular complexity index is 846. The van der Waals surface area contributed by atoms with Crippen molar-refractivity contribution < 1.29 is 39.6 Å². The second-order valence-corrected chi connectivity index (χ2v) is 8.95. The Balaban J connectivity index is 2.14. The topological polar surface area (TPSA) is 57.7 Å². The number of piperidine rings is 1. The second kappa shape index (κ2) is 9.13. The van der Waals surface area contributed by atoms with E-state index in [-0.39, 0.29) is 32.5 Å². The van der Waals surface area contributed by atoms with Crippen LogP contribution in [0, 0.1) is 5.92 Å². The molecule has 1 aliphatic heterocycles. The molecule has 2 rings (SSSR count). The highest BCUT2D eigenvalue weighted by Gasteiger charge is 2.41. The number of benzene rings is 1. The van der Waals surface area contributed by atoms with Crippen molar-refractivity contribution >= 4 is 15.9 Å². The lowest BCUT2D eigenvalue weighted by molar-refractivity contribution is -0.164. The van der Waals surface area contributed by atoms with Gasteiger partial charge in [-0.2, -0.15) is 30.6 Å². The lowest BCUT2D eigenvalue weighted by Gasteiger charge is -2.34. The number of carbonyl (C=O) groups excluding carboxylic acids is 1. The van der Waals surface area contributed by atoms with E-state index in [9.17, 15) is 39.6 Å². The summed E-state index contributed by atoms with van der Waals surface area (Å²) in [6.45, 7) is -0.356. The first-order valence-electron chi connectivity index (χ1n) is 9.29.